The van der Waals surface area contributed by atoms with Crippen molar-refractivity contribution < 1.29 is 36.4 Å². The molecule has 2 aromatic heterocycles. The molecule has 0 unspecified atom stereocenters. The van der Waals surface area contributed by atoms with E-state index < -0.39 is 35.9 Å². The van der Waals surface area contributed by atoms with Crippen LogP contribution < -0.4 is 16.0 Å². The molecule has 1 saturated carbocycles. The van der Waals surface area contributed by atoms with Crippen molar-refractivity contribution in [1.29, 1.82) is 0 Å². The fourth-order valence-electron chi connectivity index (χ4n) is 4.67. The van der Waals surface area contributed by atoms with Gasteiger partial charge in [0.2, 0.25) is 5.71 Å². The number of fused-ring (bicyclic) bond motifs is 1. The third-order valence-corrected chi connectivity index (χ3v) is 7.11. The second kappa shape index (κ2) is 12.1. The quantitative estimate of drug-likeness (QED) is 0.0772. The molecule has 2 heterocycles. The minimum atomic E-state index is -4.57. The van der Waals surface area contributed by atoms with Crippen molar-refractivity contribution in [3.05, 3.63) is 83.9 Å². The van der Waals surface area contributed by atoms with Crippen LogP contribution in [0.1, 0.15) is 47.4 Å². The maximum absolute atomic E-state index is 13.6. The van der Waals surface area contributed by atoms with Gasteiger partial charge in [0.15, 0.2) is 5.76 Å². The van der Waals surface area contributed by atoms with Crippen LogP contribution in [0.15, 0.2) is 76.5 Å². The molecular formula is C32H29F4N5O4. The Kier molecular flexibility index (Phi) is 8.37. The molecule has 0 bridgehead atoms. The van der Waals surface area contributed by atoms with Crippen molar-refractivity contribution in [2.24, 2.45) is 5.16 Å². The average molecular weight is 624 g/mol. The van der Waals surface area contributed by atoms with Crippen molar-refractivity contribution in [3.63, 3.8) is 0 Å². The number of nitrogens with zero attached hydrogens (tertiary/aromatic N) is 2. The number of oxime groups is 1. The molecule has 9 nitrogen and oxygen atoms in total. The van der Waals surface area contributed by atoms with Gasteiger partial charge in [0.05, 0.1) is 16.7 Å². The molecule has 0 atom stereocenters. The smallest absolute Gasteiger partial charge is 0.405 e. The molecule has 0 radical (unpaired) electrons. The highest BCUT2D eigenvalue weighted by molar-refractivity contribution is 6.11. The lowest BCUT2D eigenvalue weighted by atomic mass is 9.99. The van der Waals surface area contributed by atoms with E-state index in [-0.39, 0.29) is 39.4 Å². The summed E-state index contributed by atoms with van der Waals surface area (Å²) in [6, 6.07) is 12.9. The monoisotopic (exact) mass is 623 g/mol. The SMILES string of the molecule is C=C(ON=C(C)C)C1(NC(=O)c2cccc(-c3cc4c(C(=O)NC)c(-c5ccc(F)cc5)oc4nc3NCC(F)(F)F)c2)CC1. The summed E-state index contributed by atoms with van der Waals surface area (Å²) < 4.78 is 59.4. The molecule has 0 aliphatic heterocycles. The maximum atomic E-state index is 13.6. The number of aromatic nitrogens is 1. The van der Waals surface area contributed by atoms with E-state index in [1.807, 2.05) is 0 Å². The molecular weight excluding hydrogens is 594 g/mol. The zero-order valence-corrected chi connectivity index (χ0v) is 24.6. The van der Waals surface area contributed by atoms with E-state index in [0.29, 0.717) is 35.4 Å². The average Bonchev–Trinajstić information content (AvgIpc) is 3.69. The van der Waals surface area contributed by atoms with E-state index in [1.165, 1.54) is 43.4 Å². The number of anilines is 1. The lowest BCUT2D eigenvalue weighted by Crippen LogP contribution is -2.38. The second-order valence-electron chi connectivity index (χ2n) is 10.8. The number of hydrogen-bond acceptors (Lipinski definition) is 7. The van der Waals surface area contributed by atoms with E-state index in [2.05, 4.69) is 32.7 Å². The van der Waals surface area contributed by atoms with Crippen LogP contribution in [0.3, 0.4) is 0 Å². The second-order valence-corrected chi connectivity index (χ2v) is 10.8. The normalized spacial score (nSPS) is 13.6. The molecule has 234 valence electrons. The molecule has 2 amide bonds. The van der Waals surface area contributed by atoms with E-state index in [9.17, 15) is 27.2 Å². The van der Waals surface area contributed by atoms with Gasteiger partial charge >= 0.3 is 6.18 Å². The van der Waals surface area contributed by atoms with E-state index >= 15 is 0 Å². The number of benzene rings is 2. The third-order valence-electron chi connectivity index (χ3n) is 7.11. The van der Waals surface area contributed by atoms with Crippen LogP contribution in [0.2, 0.25) is 0 Å². The van der Waals surface area contributed by atoms with Gasteiger partial charge in [-0.25, -0.2) is 4.39 Å². The fourth-order valence-corrected chi connectivity index (χ4v) is 4.67. The molecule has 1 aliphatic rings. The largest absolute Gasteiger partial charge is 0.437 e. The van der Waals surface area contributed by atoms with E-state index in [4.69, 9.17) is 9.25 Å². The Morgan fingerprint density at radius 3 is 2.40 bits per heavy atom. The zero-order valence-electron chi connectivity index (χ0n) is 24.6. The molecule has 4 aromatic rings. The molecule has 1 aliphatic carbocycles. The molecule has 3 N–H and O–H groups in total. The number of rotatable bonds is 10. The van der Waals surface area contributed by atoms with Crippen molar-refractivity contribution in [1.82, 2.24) is 15.6 Å². The van der Waals surface area contributed by atoms with Crippen LogP contribution in [0, 0.1) is 5.82 Å². The van der Waals surface area contributed by atoms with Gasteiger partial charge < -0.3 is 25.2 Å². The molecule has 5 rings (SSSR count). The maximum Gasteiger partial charge on any atom is 0.405 e. The Morgan fingerprint density at radius 1 is 1.07 bits per heavy atom. The first-order chi connectivity index (χ1) is 21.3. The number of furan rings is 1. The van der Waals surface area contributed by atoms with Crippen LogP contribution in [0.4, 0.5) is 23.4 Å². The Labute approximate surface area is 255 Å². The predicted molar refractivity (Wildman–Crippen MR) is 161 cm³/mol. The van der Waals surface area contributed by atoms with E-state index in [0.717, 1.165) is 0 Å². The van der Waals surface area contributed by atoms with Gasteiger partial charge in [0.25, 0.3) is 11.8 Å². The lowest BCUT2D eigenvalue weighted by molar-refractivity contribution is -0.115. The van der Waals surface area contributed by atoms with E-state index in [1.54, 1.807) is 32.0 Å². The van der Waals surface area contributed by atoms with Crippen LogP contribution in [0.25, 0.3) is 33.6 Å². The number of nitrogens with one attached hydrogen (secondary N) is 3. The topological polar surface area (TPSA) is 118 Å². The summed E-state index contributed by atoms with van der Waals surface area (Å²) in [5.41, 5.74) is 0.930. The summed E-state index contributed by atoms with van der Waals surface area (Å²) in [6.45, 7) is 6.00. The van der Waals surface area contributed by atoms with Crippen molar-refractivity contribution in [2.45, 2.75) is 38.4 Å². The molecule has 45 heavy (non-hydrogen) atoms. The highest BCUT2D eigenvalue weighted by atomic mass is 19.4. The highest BCUT2D eigenvalue weighted by Crippen LogP contribution is 2.43. The summed E-state index contributed by atoms with van der Waals surface area (Å²) in [7, 11) is 1.41. The van der Waals surface area contributed by atoms with Gasteiger partial charge in [-0.3, -0.25) is 9.59 Å². The van der Waals surface area contributed by atoms with Crippen molar-refractivity contribution in [2.75, 3.05) is 18.9 Å². The molecule has 2 aromatic carbocycles. The first-order valence-electron chi connectivity index (χ1n) is 13.9. The number of hydrogen-bond donors (Lipinski definition) is 3. The summed E-state index contributed by atoms with van der Waals surface area (Å²) >= 11 is 0. The number of halogens is 4. The predicted octanol–water partition coefficient (Wildman–Crippen LogP) is 6.82. The van der Waals surface area contributed by atoms with Crippen LogP contribution in [0.5, 0.6) is 0 Å². The number of carbonyl (C=O) groups excluding carboxylic acids is 2. The lowest BCUT2D eigenvalue weighted by Gasteiger charge is -2.18. The summed E-state index contributed by atoms with van der Waals surface area (Å²) in [5, 5.41) is 11.9. The molecule has 13 heteroatoms. The van der Waals surface area contributed by atoms with Crippen LogP contribution in [-0.2, 0) is 4.84 Å². The van der Waals surface area contributed by atoms with Gasteiger partial charge in [0, 0.05) is 23.7 Å². The molecule has 0 saturated heterocycles. The molecule has 0 spiro atoms. The van der Waals surface area contributed by atoms with Crippen LogP contribution in [-0.4, -0.2) is 47.8 Å². The first kappa shape index (κ1) is 31.2. The Bertz CT molecular complexity index is 1820. The Hall–Kier alpha value is -5.20. The number of carbonyl (C=O) groups is 2. The summed E-state index contributed by atoms with van der Waals surface area (Å²) in [4.78, 5) is 36.1. The van der Waals surface area contributed by atoms with Crippen molar-refractivity contribution in [3.8, 4) is 22.5 Å². The Morgan fingerprint density at radius 2 is 1.78 bits per heavy atom. The highest BCUT2D eigenvalue weighted by Gasteiger charge is 2.49. The fraction of sp³-hybridized carbons (Fsp3) is 0.250. The standard InChI is InChI=1S/C32H29F4N5O4/c1-17(2)41-45-18(3)31(12-13-31)40-28(42)21-7-5-6-20(14-21)23-15-24-25(29(43)37-4)26(19-8-10-22(33)11-9-19)44-30(24)39-27(23)38-16-32(34,35)36/h5-11,14-15H,3,12-13,16H2,1-2,4H3,(H,37,43)(H,38,39)(H,40,42). The Balaban J connectivity index is 1.58. The number of alkyl halides is 3. The summed E-state index contributed by atoms with van der Waals surface area (Å²) in [5.74, 6) is -1.35. The minimum absolute atomic E-state index is 0.0586. The third kappa shape index (κ3) is 6.82. The van der Waals surface area contributed by atoms with Gasteiger partial charge in [-0.05, 0) is 74.7 Å². The van der Waals surface area contributed by atoms with Gasteiger partial charge in [-0.15, -0.1) is 0 Å². The number of pyridine rings is 1. The van der Waals surface area contributed by atoms with Gasteiger partial charge in [0.1, 0.15) is 29.5 Å². The van der Waals surface area contributed by atoms with Crippen LogP contribution >= 0.6 is 0 Å². The van der Waals surface area contributed by atoms with Gasteiger partial charge in [-0.2, -0.15) is 18.2 Å². The summed E-state index contributed by atoms with van der Waals surface area (Å²) in [6.07, 6.45) is -3.38. The minimum Gasteiger partial charge on any atom is -0.437 e. The number of amides is 2. The van der Waals surface area contributed by atoms with Gasteiger partial charge in [-0.1, -0.05) is 23.9 Å². The zero-order chi connectivity index (χ0) is 32.5. The first-order valence-corrected chi connectivity index (χ1v) is 13.9. The molecule has 1 fully saturated rings. The van der Waals surface area contributed by atoms with Crippen molar-refractivity contribution >= 4 is 34.4 Å².